The van der Waals surface area contributed by atoms with E-state index in [2.05, 4.69) is 0 Å². The minimum atomic E-state index is -1.43. The van der Waals surface area contributed by atoms with E-state index in [-0.39, 0.29) is 24.5 Å². The van der Waals surface area contributed by atoms with Crippen molar-refractivity contribution in [1.29, 1.82) is 0 Å². The van der Waals surface area contributed by atoms with E-state index in [9.17, 15) is 19.5 Å². The fraction of sp³-hybridized carbons (Fsp3) is 0.273. The molecule has 0 bridgehead atoms. The zero-order valence-electron chi connectivity index (χ0n) is 24.0. The van der Waals surface area contributed by atoms with Crippen LogP contribution in [-0.4, -0.2) is 37.5 Å². The number of imide groups is 1. The molecule has 2 aliphatic heterocycles. The first-order valence-corrected chi connectivity index (χ1v) is 14.8. The van der Waals surface area contributed by atoms with Gasteiger partial charge in [-0.15, -0.1) is 0 Å². The molecule has 10 nitrogen and oxygen atoms in total. The molecule has 1 aromatic heterocycles. The number of aromatic hydroxyl groups is 1. The summed E-state index contributed by atoms with van der Waals surface area (Å²) in [5.41, 5.74) is -0.0243. The van der Waals surface area contributed by atoms with Gasteiger partial charge in [0.05, 0.1) is 36.2 Å². The Balaban J connectivity index is 1.55. The number of nitrogens with zero attached hydrogens (tertiary/aromatic N) is 4. The lowest BCUT2D eigenvalue weighted by atomic mass is 9.53. The Kier molecular flexibility index (Phi) is 6.44. The number of phenols is 1. The molecule has 4 atom stereocenters. The molecule has 1 aliphatic carbocycles. The van der Waals surface area contributed by atoms with Crippen molar-refractivity contribution < 1.29 is 19.4 Å². The molecule has 4 aromatic rings. The van der Waals surface area contributed by atoms with Gasteiger partial charge in [-0.3, -0.25) is 9.59 Å². The third-order valence-electron chi connectivity index (χ3n) is 9.24. The van der Waals surface area contributed by atoms with Crippen LogP contribution in [-0.2, 0) is 28.6 Å². The number of anilines is 1. The van der Waals surface area contributed by atoms with E-state index in [1.54, 1.807) is 43.3 Å². The lowest BCUT2D eigenvalue weighted by molar-refractivity contribution is -0.124. The number of fused-ring (bicyclic) bond motifs is 4. The van der Waals surface area contributed by atoms with Crippen molar-refractivity contribution in [3.05, 3.63) is 122 Å². The largest absolute Gasteiger partial charge is 0.504 e. The minimum absolute atomic E-state index is 0.0617. The van der Waals surface area contributed by atoms with Crippen LogP contribution in [0.2, 0.25) is 5.02 Å². The van der Waals surface area contributed by atoms with Crippen molar-refractivity contribution in [2.45, 2.75) is 37.3 Å². The molecule has 11 heteroatoms. The van der Waals surface area contributed by atoms with Crippen LogP contribution in [0.5, 0.6) is 11.5 Å². The molecule has 7 rings (SSSR count). The highest BCUT2D eigenvalue weighted by atomic mass is 35.5. The third-order valence-corrected chi connectivity index (χ3v) is 9.47. The van der Waals surface area contributed by atoms with E-state index in [0.29, 0.717) is 28.4 Å². The summed E-state index contributed by atoms with van der Waals surface area (Å²) in [6.07, 6.45) is 2.00. The molecule has 224 valence electrons. The van der Waals surface area contributed by atoms with Gasteiger partial charge in [0, 0.05) is 18.0 Å². The molecule has 0 spiro atoms. The number of carbonyl (C=O) groups excluding carboxylic acids is 2. The number of allylic oxidation sites excluding steroid dienone is 2. The van der Waals surface area contributed by atoms with E-state index >= 15 is 4.79 Å². The van der Waals surface area contributed by atoms with E-state index in [4.69, 9.17) is 16.3 Å². The molecular formula is C33H29ClN4O6. The Labute approximate surface area is 257 Å². The second-order valence-corrected chi connectivity index (χ2v) is 11.8. The van der Waals surface area contributed by atoms with Crippen molar-refractivity contribution in [3.8, 4) is 11.5 Å². The second kappa shape index (κ2) is 10.1. The maximum Gasteiger partial charge on any atom is 0.347 e. The Bertz CT molecular complexity index is 1990. The molecule has 1 saturated carbocycles. The number of carbonyl (C=O) groups is 2. The zero-order chi connectivity index (χ0) is 30.9. The Hall–Kier alpha value is -4.83. The molecule has 3 aliphatic rings. The van der Waals surface area contributed by atoms with Gasteiger partial charge < -0.3 is 9.84 Å². The molecule has 3 aromatic carbocycles. The van der Waals surface area contributed by atoms with Crippen LogP contribution >= 0.6 is 11.6 Å². The quantitative estimate of drug-likeness (QED) is 0.270. The van der Waals surface area contributed by atoms with Crippen LogP contribution in [0.25, 0.3) is 0 Å². The van der Waals surface area contributed by atoms with E-state index in [1.165, 1.54) is 27.4 Å². The SMILES string of the molecule is CCOc1cc(C2C3=CCn4c(=O)n(C)c(=O)n4C3CC3C(=O)N(c4cccc(Cl)c4)C(=O)C32c2ccccc2)ccc1O. The van der Waals surface area contributed by atoms with Crippen LogP contribution in [0.4, 0.5) is 5.69 Å². The third kappa shape index (κ3) is 3.73. The van der Waals surface area contributed by atoms with E-state index in [1.807, 2.05) is 36.4 Å². The first-order chi connectivity index (χ1) is 21.2. The number of rotatable bonds is 5. The molecule has 2 fully saturated rings. The molecule has 1 N–H and O–H groups in total. The predicted octanol–water partition coefficient (Wildman–Crippen LogP) is 3.90. The predicted molar refractivity (Wildman–Crippen MR) is 163 cm³/mol. The fourth-order valence-electron chi connectivity index (χ4n) is 7.47. The average Bonchev–Trinajstić information content (AvgIpc) is 3.39. The fourth-order valence-corrected chi connectivity index (χ4v) is 7.66. The van der Waals surface area contributed by atoms with Gasteiger partial charge in [0.25, 0.3) is 0 Å². The van der Waals surface area contributed by atoms with Gasteiger partial charge in [0.2, 0.25) is 11.8 Å². The van der Waals surface area contributed by atoms with Crippen LogP contribution in [0.3, 0.4) is 0 Å². The monoisotopic (exact) mass is 612 g/mol. The van der Waals surface area contributed by atoms with E-state index in [0.717, 1.165) is 10.1 Å². The molecule has 3 heterocycles. The number of hydrogen-bond donors (Lipinski definition) is 1. The van der Waals surface area contributed by atoms with Gasteiger partial charge in [-0.05, 0) is 60.4 Å². The summed E-state index contributed by atoms with van der Waals surface area (Å²) in [6, 6.07) is 20.1. The second-order valence-electron chi connectivity index (χ2n) is 11.3. The smallest absolute Gasteiger partial charge is 0.347 e. The molecule has 2 amide bonds. The minimum Gasteiger partial charge on any atom is -0.504 e. The highest BCUT2D eigenvalue weighted by Gasteiger charge is 2.68. The van der Waals surface area contributed by atoms with Crippen LogP contribution in [0.15, 0.2) is 94.0 Å². The zero-order valence-corrected chi connectivity index (χ0v) is 24.8. The van der Waals surface area contributed by atoms with Gasteiger partial charge in [0.1, 0.15) is 0 Å². The average molecular weight is 613 g/mol. The van der Waals surface area contributed by atoms with Gasteiger partial charge in [-0.1, -0.05) is 60.1 Å². The van der Waals surface area contributed by atoms with Crippen LogP contribution in [0, 0.1) is 5.92 Å². The summed E-state index contributed by atoms with van der Waals surface area (Å²) in [6.45, 7) is 2.21. The standard InChI is InChI=1S/C33H29ClN4O6/c1-3-44-27-16-19(12-13-26(27)39)28-23-14-15-36-31(42)35(2)32(43)38(36)25(23)18-24-29(40)37(22-11-7-10-21(34)17-22)30(41)33(24,28)20-8-5-4-6-9-20/h4-14,16-17,24-25,28,39H,3,15,18H2,1-2H3. The highest BCUT2D eigenvalue weighted by Crippen LogP contribution is 2.62. The molecular weight excluding hydrogens is 584 g/mol. The van der Waals surface area contributed by atoms with Crippen LogP contribution in [0.1, 0.15) is 36.4 Å². The van der Waals surface area contributed by atoms with Crippen molar-refractivity contribution in [1.82, 2.24) is 13.9 Å². The number of phenolic OH excluding ortho intramolecular Hbond substituents is 1. The topological polar surface area (TPSA) is 116 Å². The summed E-state index contributed by atoms with van der Waals surface area (Å²) in [5.74, 6) is -2.34. The normalized spacial score (nSPS) is 24.0. The number of ether oxygens (including phenoxy) is 1. The first-order valence-electron chi connectivity index (χ1n) is 14.4. The lowest BCUT2D eigenvalue weighted by Gasteiger charge is -2.49. The van der Waals surface area contributed by atoms with Gasteiger partial charge >= 0.3 is 11.4 Å². The molecule has 4 unspecified atom stereocenters. The number of halogens is 1. The Morgan fingerprint density at radius 1 is 0.977 bits per heavy atom. The summed E-state index contributed by atoms with van der Waals surface area (Å²) >= 11 is 6.33. The number of benzene rings is 3. The maximum atomic E-state index is 15.1. The van der Waals surface area contributed by atoms with Gasteiger partial charge in [-0.2, -0.15) is 0 Å². The number of amides is 2. The van der Waals surface area contributed by atoms with Gasteiger partial charge in [0.15, 0.2) is 11.5 Å². The Morgan fingerprint density at radius 2 is 1.75 bits per heavy atom. The van der Waals surface area contributed by atoms with Crippen molar-refractivity contribution >= 4 is 29.1 Å². The molecule has 0 radical (unpaired) electrons. The summed E-state index contributed by atoms with van der Waals surface area (Å²) < 4.78 is 9.60. The van der Waals surface area contributed by atoms with Crippen molar-refractivity contribution in [2.24, 2.45) is 13.0 Å². The number of aromatic nitrogens is 3. The van der Waals surface area contributed by atoms with Gasteiger partial charge in [-0.25, -0.2) is 28.4 Å². The molecule has 1 saturated heterocycles. The van der Waals surface area contributed by atoms with Crippen molar-refractivity contribution in [3.63, 3.8) is 0 Å². The lowest BCUT2D eigenvalue weighted by Crippen LogP contribution is -2.53. The summed E-state index contributed by atoms with van der Waals surface area (Å²) in [7, 11) is 1.43. The maximum absolute atomic E-state index is 15.1. The Morgan fingerprint density at radius 3 is 2.48 bits per heavy atom. The van der Waals surface area contributed by atoms with Crippen LogP contribution < -0.4 is 21.0 Å². The first kappa shape index (κ1) is 28.0. The van der Waals surface area contributed by atoms with Crippen molar-refractivity contribution in [2.75, 3.05) is 11.5 Å². The molecule has 44 heavy (non-hydrogen) atoms. The number of hydrogen-bond acceptors (Lipinski definition) is 6. The summed E-state index contributed by atoms with van der Waals surface area (Å²) in [4.78, 5) is 57.4. The van der Waals surface area contributed by atoms with E-state index < -0.39 is 46.5 Å². The highest BCUT2D eigenvalue weighted by molar-refractivity contribution is 6.32. The summed E-state index contributed by atoms with van der Waals surface area (Å²) in [5, 5.41) is 11.0.